The van der Waals surface area contributed by atoms with Crippen LogP contribution in [-0.2, 0) is 6.54 Å². The maximum Gasteiger partial charge on any atom is 0.184 e. The molecule has 0 bridgehead atoms. The lowest BCUT2D eigenvalue weighted by atomic mass is 10.1. The maximum atomic E-state index is 9.80. The van der Waals surface area contributed by atoms with Gasteiger partial charge < -0.3 is 28.8 Å². The van der Waals surface area contributed by atoms with Gasteiger partial charge >= 0.3 is 0 Å². The van der Waals surface area contributed by atoms with E-state index in [1.807, 2.05) is 12.3 Å². The van der Waals surface area contributed by atoms with Crippen molar-refractivity contribution in [1.82, 2.24) is 4.57 Å². The van der Waals surface area contributed by atoms with E-state index in [0.717, 1.165) is 15.9 Å². The molecular formula is C17H21BrN2O4. The third-order valence-corrected chi connectivity index (χ3v) is 4.73. The van der Waals surface area contributed by atoms with Crippen LogP contribution in [0.5, 0.6) is 17.2 Å². The Labute approximate surface area is 149 Å². The van der Waals surface area contributed by atoms with Crippen LogP contribution >= 0.6 is 15.9 Å². The van der Waals surface area contributed by atoms with Crippen molar-refractivity contribution in [3.8, 4) is 17.2 Å². The summed E-state index contributed by atoms with van der Waals surface area (Å²) in [5, 5.41) is 9.80. The summed E-state index contributed by atoms with van der Waals surface area (Å²) < 4.78 is 19.5. The lowest BCUT2D eigenvalue weighted by Crippen LogP contribution is -2.38. The number of ether oxygens (including phenoxy) is 3. The van der Waals surface area contributed by atoms with Gasteiger partial charge in [-0.2, -0.15) is 0 Å². The summed E-state index contributed by atoms with van der Waals surface area (Å²) >= 11 is 3.51. The molecule has 1 N–H and O–H groups in total. The maximum absolute atomic E-state index is 9.80. The first-order valence-electron chi connectivity index (χ1n) is 7.63. The van der Waals surface area contributed by atoms with Gasteiger partial charge in [0.1, 0.15) is 5.75 Å². The van der Waals surface area contributed by atoms with Crippen LogP contribution in [-0.4, -0.2) is 44.2 Å². The largest absolute Gasteiger partial charge is 0.497 e. The number of aliphatic hydroxyl groups is 1. The predicted molar refractivity (Wildman–Crippen MR) is 95.4 cm³/mol. The summed E-state index contributed by atoms with van der Waals surface area (Å²) in [6.45, 7) is 1.43. The Morgan fingerprint density at radius 3 is 2.58 bits per heavy atom. The highest BCUT2D eigenvalue weighted by atomic mass is 79.9. The lowest BCUT2D eigenvalue weighted by Gasteiger charge is -2.36. The highest BCUT2D eigenvalue weighted by Crippen LogP contribution is 2.43. The molecule has 24 heavy (non-hydrogen) atoms. The van der Waals surface area contributed by atoms with E-state index in [9.17, 15) is 5.11 Å². The average Bonchev–Trinajstić information content (AvgIpc) is 2.99. The summed E-state index contributed by atoms with van der Waals surface area (Å²) in [4.78, 5) is 2.17. The number of fused-ring (bicyclic) bond motifs is 1. The van der Waals surface area contributed by atoms with Crippen LogP contribution in [0.15, 0.2) is 28.9 Å². The number of anilines is 1. The van der Waals surface area contributed by atoms with E-state index in [1.165, 1.54) is 0 Å². The summed E-state index contributed by atoms with van der Waals surface area (Å²) in [5.41, 5.74) is 2.01. The van der Waals surface area contributed by atoms with Crippen molar-refractivity contribution < 1.29 is 19.3 Å². The number of methoxy groups -OCH3 is 3. The van der Waals surface area contributed by atoms with Gasteiger partial charge in [-0.25, -0.2) is 0 Å². The molecule has 0 spiro atoms. The molecule has 1 unspecified atom stereocenters. The van der Waals surface area contributed by atoms with Crippen LogP contribution in [0.25, 0.3) is 0 Å². The number of benzene rings is 1. The molecule has 1 atom stereocenters. The minimum absolute atomic E-state index is 0.0260. The van der Waals surface area contributed by atoms with Gasteiger partial charge in [-0.3, -0.25) is 0 Å². The van der Waals surface area contributed by atoms with Crippen molar-refractivity contribution in [3.63, 3.8) is 0 Å². The summed E-state index contributed by atoms with van der Waals surface area (Å²) in [7, 11) is 4.86. The number of rotatable bonds is 5. The highest BCUT2D eigenvalue weighted by molar-refractivity contribution is 9.10. The molecule has 1 aromatic heterocycles. The Morgan fingerprint density at radius 1 is 1.17 bits per heavy atom. The fourth-order valence-electron chi connectivity index (χ4n) is 3.16. The zero-order valence-corrected chi connectivity index (χ0v) is 15.5. The summed E-state index contributed by atoms with van der Waals surface area (Å²) in [6.07, 6.45) is 2.01. The molecule has 0 aliphatic carbocycles. The van der Waals surface area contributed by atoms with Crippen molar-refractivity contribution in [2.24, 2.45) is 0 Å². The van der Waals surface area contributed by atoms with Crippen LogP contribution in [0.2, 0.25) is 0 Å². The van der Waals surface area contributed by atoms with Crippen LogP contribution in [0.4, 0.5) is 5.69 Å². The topological polar surface area (TPSA) is 56.1 Å². The van der Waals surface area contributed by atoms with Crippen molar-refractivity contribution in [2.45, 2.75) is 12.6 Å². The normalized spacial score (nSPS) is 16.7. The van der Waals surface area contributed by atoms with Gasteiger partial charge in [-0.05, 0) is 22.0 Å². The molecular weight excluding hydrogens is 376 g/mol. The first-order chi connectivity index (χ1) is 11.6. The van der Waals surface area contributed by atoms with Crippen molar-refractivity contribution in [1.29, 1.82) is 0 Å². The van der Waals surface area contributed by atoms with Crippen LogP contribution < -0.4 is 19.1 Å². The highest BCUT2D eigenvalue weighted by Gasteiger charge is 2.28. The lowest BCUT2D eigenvalue weighted by molar-refractivity contribution is 0.219. The molecule has 3 rings (SSSR count). The quantitative estimate of drug-likeness (QED) is 0.841. The predicted octanol–water partition coefficient (Wildman–Crippen LogP) is 2.83. The fraction of sp³-hybridized carbons (Fsp3) is 0.412. The second-order valence-corrected chi connectivity index (χ2v) is 6.57. The molecule has 0 saturated heterocycles. The Morgan fingerprint density at radius 2 is 1.96 bits per heavy atom. The van der Waals surface area contributed by atoms with E-state index in [1.54, 1.807) is 27.4 Å². The first-order valence-corrected chi connectivity index (χ1v) is 8.42. The van der Waals surface area contributed by atoms with Gasteiger partial charge in [0.25, 0.3) is 0 Å². The molecule has 0 fully saturated rings. The van der Waals surface area contributed by atoms with Gasteiger partial charge in [0, 0.05) is 35.0 Å². The van der Waals surface area contributed by atoms with Crippen LogP contribution in [0.3, 0.4) is 0 Å². The molecule has 0 radical (unpaired) electrons. The molecule has 7 heteroatoms. The summed E-state index contributed by atoms with van der Waals surface area (Å²) in [5.74, 6) is 1.98. The number of nitrogens with zero attached hydrogens (tertiary/aromatic N) is 2. The molecule has 1 aliphatic rings. The molecule has 2 heterocycles. The Hall–Kier alpha value is -1.86. The monoisotopic (exact) mass is 396 g/mol. The Kier molecular flexibility index (Phi) is 4.91. The van der Waals surface area contributed by atoms with Crippen LogP contribution in [0, 0.1) is 0 Å². The van der Waals surface area contributed by atoms with Crippen molar-refractivity contribution in [3.05, 3.63) is 34.6 Å². The number of aromatic nitrogens is 1. The molecule has 1 aromatic carbocycles. The smallest absolute Gasteiger partial charge is 0.184 e. The Bertz CT molecular complexity index is 732. The van der Waals surface area contributed by atoms with E-state index in [2.05, 4.69) is 31.5 Å². The van der Waals surface area contributed by atoms with Gasteiger partial charge in [0.15, 0.2) is 11.5 Å². The molecule has 130 valence electrons. The number of hydrogen-bond donors (Lipinski definition) is 1. The van der Waals surface area contributed by atoms with Gasteiger partial charge in [0.2, 0.25) is 0 Å². The average molecular weight is 397 g/mol. The zero-order chi connectivity index (χ0) is 17.3. The molecule has 2 aromatic rings. The van der Waals surface area contributed by atoms with E-state index in [-0.39, 0.29) is 12.6 Å². The van der Waals surface area contributed by atoms with Gasteiger partial charge in [-0.15, -0.1) is 0 Å². The third-order valence-electron chi connectivity index (χ3n) is 4.30. The minimum atomic E-state index is -0.0260. The molecule has 1 aliphatic heterocycles. The van der Waals surface area contributed by atoms with E-state index in [4.69, 9.17) is 14.2 Å². The SMILES string of the molecule is COc1cc(OC)c(OC)c(N2Cc3cc(Br)cn3C(CO)C2)c1. The second kappa shape index (κ2) is 6.94. The van der Waals surface area contributed by atoms with Crippen molar-refractivity contribution in [2.75, 3.05) is 39.4 Å². The first kappa shape index (κ1) is 17.0. The minimum Gasteiger partial charge on any atom is -0.497 e. The molecule has 6 nitrogen and oxygen atoms in total. The molecule has 0 saturated carbocycles. The van der Waals surface area contributed by atoms with Crippen LogP contribution in [0.1, 0.15) is 11.7 Å². The second-order valence-electron chi connectivity index (χ2n) is 5.66. The van der Waals surface area contributed by atoms with E-state index < -0.39 is 0 Å². The molecule has 0 amide bonds. The third kappa shape index (κ3) is 2.93. The van der Waals surface area contributed by atoms with Crippen molar-refractivity contribution >= 4 is 21.6 Å². The number of halogens is 1. The van der Waals surface area contributed by atoms with E-state index in [0.29, 0.717) is 30.3 Å². The number of aliphatic hydroxyl groups excluding tert-OH is 1. The zero-order valence-electron chi connectivity index (χ0n) is 14.0. The number of hydrogen-bond acceptors (Lipinski definition) is 5. The van der Waals surface area contributed by atoms with E-state index >= 15 is 0 Å². The van der Waals surface area contributed by atoms with Gasteiger partial charge in [-0.1, -0.05) is 0 Å². The Balaban J connectivity index is 2.06. The summed E-state index contributed by atoms with van der Waals surface area (Å²) in [6, 6.07) is 5.78. The standard InChI is InChI=1S/C17H21BrN2O4/c1-22-14-5-15(17(24-3)16(6-14)23-2)19-8-12-4-11(18)7-20(12)13(9-19)10-21/h4-7,13,21H,8-10H2,1-3H3. The fourth-order valence-corrected chi connectivity index (χ4v) is 3.64. The van der Waals surface area contributed by atoms with Gasteiger partial charge in [0.05, 0.1) is 46.2 Å².